The van der Waals surface area contributed by atoms with Gasteiger partial charge in [-0.3, -0.25) is 0 Å². The Kier molecular flexibility index (Phi) is 1.60. The van der Waals surface area contributed by atoms with Crippen molar-refractivity contribution in [3.8, 4) is 0 Å². The van der Waals surface area contributed by atoms with Crippen LogP contribution < -0.4 is 0 Å². The molecule has 1 unspecified atom stereocenters. The molecular formula is C10H9ClN2O. The lowest BCUT2D eigenvalue weighted by atomic mass is 10.3. The number of rotatable bonds is 0. The third kappa shape index (κ3) is 0.996. The zero-order valence-corrected chi connectivity index (χ0v) is 8.20. The first-order chi connectivity index (χ1) is 6.75. The van der Waals surface area contributed by atoms with Gasteiger partial charge in [0, 0.05) is 6.42 Å². The Balaban J connectivity index is 2.33. The van der Waals surface area contributed by atoms with E-state index in [0.29, 0.717) is 18.0 Å². The number of fused-ring (bicyclic) bond motifs is 3. The van der Waals surface area contributed by atoms with E-state index in [2.05, 4.69) is 4.98 Å². The SMILES string of the molecule is OC1Cc2nc3c(Cl)cccc3n2C1. The van der Waals surface area contributed by atoms with E-state index in [-0.39, 0.29) is 6.10 Å². The normalized spacial score (nSPS) is 20.3. The number of benzene rings is 1. The smallest absolute Gasteiger partial charge is 0.112 e. The molecule has 14 heavy (non-hydrogen) atoms. The second kappa shape index (κ2) is 2.72. The maximum atomic E-state index is 9.47. The van der Waals surface area contributed by atoms with E-state index in [1.165, 1.54) is 0 Å². The number of aromatic nitrogens is 2. The summed E-state index contributed by atoms with van der Waals surface area (Å²) < 4.78 is 2.03. The van der Waals surface area contributed by atoms with Gasteiger partial charge in [0.15, 0.2) is 0 Å². The molecule has 0 saturated heterocycles. The molecule has 0 amide bonds. The average molecular weight is 209 g/mol. The number of para-hydroxylation sites is 1. The van der Waals surface area contributed by atoms with Crippen molar-refractivity contribution in [2.45, 2.75) is 19.1 Å². The molecule has 0 spiro atoms. The van der Waals surface area contributed by atoms with Gasteiger partial charge >= 0.3 is 0 Å². The summed E-state index contributed by atoms with van der Waals surface area (Å²) in [5.74, 6) is 0.931. The van der Waals surface area contributed by atoms with Gasteiger partial charge in [0.2, 0.25) is 0 Å². The van der Waals surface area contributed by atoms with Crippen LogP contribution in [0.1, 0.15) is 5.82 Å². The summed E-state index contributed by atoms with van der Waals surface area (Å²) in [6.45, 7) is 0.631. The third-order valence-corrected chi connectivity index (χ3v) is 2.93. The molecule has 0 fully saturated rings. The molecule has 1 aliphatic heterocycles. The van der Waals surface area contributed by atoms with Crippen molar-refractivity contribution in [2.75, 3.05) is 0 Å². The minimum atomic E-state index is -0.291. The fraction of sp³-hybridized carbons (Fsp3) is 0.300. The highest BCUT2D eigenvalue weighted by Crippen LogP contribution is 2.27. The molecule has 1 atom stereocenters. The number of aliphatic hydroxyl groups excluding tert-OH is 1. The second-order valence-electron chi connectivity index (χ2n) is 3.60. The van der Waals surface area contributed by atoms with Crippen molar-refractivity contribution in [2.24, 2.45) is 0 Å². The topological polar surface area (TPSA) is 38.1 Å². The maximum absolute atomic E-state index is 9.47. The van der Waals surface area contributed by atoms with E-state index in [0.717, 1.165) is 16.9 Å². The van der Waals surface area contributed by atoms with E-state index in [4.69, 9.17) is 11.6 Å². The van der Waals surface area contributed by atoms with Crippen molar-refractivity contribution in [3.63, 3.8) is 0 Å². The predicted molar refractivity (Wildman–Crippen MR) is 54.5 cm³/mol. The molecule has 2 aromatic rings. The minimum Gasteiger partial charge on any atom is -0.391 e. The lowest BCUT2D eigenvalue weighted by molar-refractivity contribution is 0.176. The quantitative estimate of drug-likeness (QED) is 0.714. The van der Waals surface area contributed by atoms with Crippen LogP contribution in [0.3, 0.4) is 0 Å². The van der Waals surface area contributed by atoms with Crippen LogP contribution in [0.25, 0.3) is 11.0 Å². The Bertz CT molecular complexity index is 506. The Morgan fingerprint density at radius 3 is 3.21 bits per heavy atom. The first-order valence-electron chi connectivity index (χ1n) is 4.57. The number of nitrogens with zero attached hydrogens (tertiary/aromatic N) is 2. The van der Waals surface area contributed by atoms with Gasteiger partial charge < -0.3 is 9.67 Å². The molecule has 3 nitrogen and oxygen atoms in total. The molecule has 1 aliphatic rings. The number of aliphatic hydroxyl groups is 1. The molecule has 72 valence electrons. The largest absolute Gasteiger partial charge is 0.391 e. The van der Waals surface area contributed by atoms with Crippen LogP contribution in [0.15, 0.2) is 18.2 Å². The van der Waals surface area contributed by atoms with Crippen LogP contribution in [-0.4, -0.2) is 20.8 Å². The number of hydrogen-bond donors (Lipinski definition) is 1. The van der Waals surface area contributed by atoms with Gasteiger partial charge in [-0.25, -0.2) is 4.98 Å². The van der Waals surface area contributed by atoms with E-state index < -0.39 is 0 Å². The van der Waals surface area contributed by atoms with E-state index in [9.17, 15) is 5.11 Å². The first-order valence-corrected chi connectivity index (χ1v) is 4.95. The fourth-order valence-electron chi connectivity index (χ4n) is 2.01. The number of hydrogen-bond acceptors (Lipinski definition) is 2. The molecular weight excluding hydrogens is 200 g/mol. The first kappa shape index (κ1) is 8.26. The molecule has 0 bridgehead atoms. The Hall–Kier alpha value is -1.06. The standard InChI is InChI=1S/C10H9ClN2O/c11-7-2-1-3-8-10(7)12-9-4-6(14)5-13(8)9/h1-3,6,14H,4-5H2. The van der Waals surface area contributed by atoms with Crippen LogP contribution in [0.4, 0.5) is 0 Å². The van der Waals surface area contributed by atoms with E-state index in [1.807, 2.05) is 22.8 Å². The monoisotopic (exact) mass is 208 g/mol. The van der Waals surface area contributed by atoms with Gasteiger partial charge in [0.05, 0.1) is 23.2 Å². The van der Waals surface area contributed by atoms with Crippen molar-refractivity contribution in [1.29, 1.82) is 0 Å². The van der Waals surface area contributed by atoms with Gasteiger partial charge in [-0.05, 0) is 12.1 Å². The van der Waals surface area contributed by atoms with Crippen LogP contribution in [-0.2, 0) is 13.0 Å². The summed E-state index contributed by atoms with van der Waals surface area (Å²) in [6.07, 6.45) is 0.339. The lowest BCUT2D eigenvalue weighted by Gasteiger charge is -2.00. The van der Waals surface area contributed by atoms with Crippen molar-refractivity contribution < 1.29 is 5.11 Å². The highest BCUT2D eigenvalue weighted by molar-refractivity contribution is 6.34. The van der Waals surface area contributed by atoms with Crippen LogP contribution in [0.5, 0.6) is 0 Å². The highest BCUT2D eigenvalue weighted by Gasteiger charge is 2.23. The maximum Gasteiger partial charge on any atom is 0.112 e. The van der Waals surface area contributed by atoms with Crippen molar-refractivity contribution >= 4 is 22.6 Å². The summed E-state index contributed by atoms with van der Waals surface area (Å²) in [5, 5.41) is 10.2. The number of halogens is 1. The van der Waals surface area contributed by atoms with Gasteiger partial charge in [0.25, 0.3) is 0 Å². The molecule has 1 aromatic heterocycles. The fourth-order valence-corrected chi connectivity index (χ4v) is 2.22. The predicted octanol–water partition coefficient (Wildman–Crippen LogP) is 1.61. The molecule has 3 rings (SSSR count). The zero-order valence-electron chi connectivity index (χ0n) is 7.44. The second-order valence-corrected chi connectivity index (χ2v) is 4.01. The molecule has 0 radical (unpaired) electrons. The summed E-state index contributed by atoms with van der Waals surface area (Å²) in [5.41, 5.74) is 1.86. The summed E-state index contributed by atoms with van der Waals surface area (Å²) >= 11 is 6.02. The summed E-state index contributed by atoms with van der Waals surface area (Å²) in [7, 11) is 0. The summed E-state index contributed by atoms with van der Waals surface area (Å²) in [4.78, 5) is 4.41. The van der Waals surface area contributed by atoms with Crippen molar-refractivity contribution in [3.05, 3.63) is 29.0 Å². The molecule has 0 saturated carbocycles. The zero-order chi connectivity index (χ0) is 9.71. The molecule has 1 aromatic carbocycles. The minimum absolute atomic E-state index is 0.291. The Morgan fingerprint density at radius 2 is 2.36 bits per heavy atom. The van der Waals surface area contributed by atoms with Crippen LogP contribution in [0, 0.1) is 0 Å². The molecule has 2 heterocycles. The van der Waals surface area contributed by atoms with Crippen molar-refractivity contribution in [1.82, 2.24) is 9.55 Å². The number of imidazole rings is 1. The van der Waals surface area contributed by atoms with Crippen LogP contribution in [0.2, 0.25) is 5.02 Å². The molecule has 1 N–H and O–H groups in total. The summed E-state index contributed by atoms with van der Waals surface area (Å²) in [6, 6.07) is 5.73. The van der Waals surface area contributed by atoms with Gasteiger partial charge in [-0.1, -0.05) is 17.7 Å². The average Bonchev–Trinajstić information content (AvgIpc) is 2.63. The Labute approximate surface area is 85.9 Å². The Morgan fingerprint density at radius 1 is 1.50 bits per heavy atom. The van der Waals surface area contributed by atoms with E-state index in [1.54, 1.807) is 0 Å². The highest BCUT2D eigenvalue weighted by atomic mass is 35.5. The third-order valence-electron chi connectivity index (χ3n) is 2.62. The van der Waals surface area contributed by atoms with Crippen LogP contribution >= 0.6 is 11.6 Å². The molecule has 0 aliphatic carbocycles. The van der Waals surface area contributed by atoms with Gasteiger partial charge in [-0.2, -0.15) is 0 Å². The van der Waals surface area contributed by atoms with E-state index >= 15 is 0 Å². The lowest BCUT2D eigenvalue weighted by Crippen LogP contribution is -2.07. The van der Waals surface area contributed by atoms with Gasteiger partial charge in [-0.15, -0.1) is 0 Å². The molecule has 4 heteroatoms. The van der Waals surface area contributed by atoms with Gasteiger partial charge in [0.1, 0.15) is 11.3 Å².